The molecule has 0 saturated carbocycles. The van der Waals surface area contributed by atoms with E-state index in [2.05, 4.69) is 40.3 Å². The summed E-state index contributed by atoms with van der Waals surface area (Å²) in [5.74, 6) is 0.982. The summed E-state index contributed by atoms with van der Waals surface area (Å²) in [7, 11) is 2.09. The molecule has 0 radical (unpaired) electrons. The van der Waals surface area contributed by atoms with Crippen molar-refractivity contribution in [1.29, 1.82) is 0 Å². The lowest BCUT2D eigenvalue weighted by atomic mass is 10.1. The van der Waals surface area contributed by atoms with Gasteiger partial charge < -0.3 is 14.8 Å². The second-order valence-corrected chi connectivity index (χ2v) is 7.26. The molecule has 6 heteroatoms. The first-order valence-electron chi connectivity index (χ1n) is 8.14. The number of carbonyl (C=O) groups is 1. The van der Waals surface area contributed by atoms with Crippen molar-refractivity contribution in [1.82, 2.24) is 19.8 Å². The number of amides is 1. The van der Waals surface area contributed by atoms with Crippen LogP contribution in [0.3, 0.4) is 0 Å². The Kier molecular flexibility index (Phi) is 3.86. The number of nitrogens with one attached hydrogen (secondary N) is 1. The highest BCUT2D eigenvalue weighted by atomic mass is 32.1. The van der Waals surface area contributed by atoms with Gasteiger partial charge in [0.2, 0.25) is 0 Å². The lowest BCUT2D eigenvalue weighted by molar-refractivity contribution is 0.0664. The molecule has 1 saturated heterocycles. The maximum Gasteiger partial charge on any atom is 0.254 e. The number of aromatic nitrogens is 2. The van der Waals surface area contributed by atoms with E-state index in [1.165, 1.54) is 5.56 Å². The van der Waals surface area contributed by atoms with Crippen LogP contribution >= 0.6 is 11.3 Å². The van der Waals surface area contributed by atoms with E-state index in [4.69, 9.17) is 0 Å². The van der Waals surface area contributed by atoms with Gasteiger partial charge >= 0.3 is 0 Å². The van der Waals surface area contributed by atoms with Crippen LogP contribution in [0, 0.1) is 6.92 Å². The largest absolute Gasteiger partial charge is 0.337 e. The van der Waals surface area contributed by atoms with Crippen molar-refractivity contribution >= 4 is 28.3 Å². The van der Waals surface area contributed by atoms with E-state index in [0.717, 1.165) is 53.5 Å². The molecule has 1 N–H and O–H groups in total. The Hall–Kier alpha value is -2.18. The van der Waals surface area contributed by atoms with Gasteiger partial charge in [0.15, 0.2) is 0 Å². The molecule has 3 heterocycles. The van der Waals surface area contributed by atoms with Gasteiger partial charge in [-0.15, -0.1) is 11.3 Å². The monoisotopic (exact) mass is 340 g/mol. The molecule has 1 fully saturated rings. The molecule has 0 spiro atoms. The summed E-state index contributed by atoms with van der Waals surface area (Å²) in [4.78, 5) is 26.1. The number of thiophene rings is 1. The van der Waals surface area contributed by atoms with Crippen molar-refractivity contribution in [3.8, 4) is 10.7 Å². The second kappa shape index (κ2) is 6.03. The molecule has 124 valence electrons. The summed E-state index contributed by atoms with van der Waals surface area (Å²) < 4.78 is 0. The molecule has 3 aromatic rings. The van der Waals surface area contributed by atoms with Crippen LogP contribution in [0.1, 0.15) is 15.9 Å². The van der Waals surface area contributed by atoms with Crippen molar-refractivity contribution in [3.63, 3.8) is 0 Å². The molecule has 1 amide bonds. The van der Waals surface area contributed by atoms with E-state index >= 15 is 0 Å². The summed E-state index contributed by atoms with van der Waals surface area (Å²) in [5, 5.41) is 2.07. The lowest BCUT2D eigenvalue weighted by Gasteiger charge is -2.32. The predicted molar refractivity (Wildman–Crippen MR) is 97.5 cm³/mol. The maximum atomic E-state index is 12.7. The van der Waals surface area contributed by atoms with Crippen LogP contribution in [0.4, 0.5) is 0 Å². The first kappa shape index (κ1) is 15.4. The van der Waals surface area contributed by atoms with Gasteiger partial charge in [-0.2, -0.15) is 0 Å². The first-order valence-corrected chi connectivity index (χ1v) is 9.02. The van der Waals surface area contributed by atoms with Crippen LogP contribution in [0.5, 0.6) is 0 Å². The minimum absolute atomic E-state index is 0.105. The van der Waals surface area contributed by atoms with E-state index in [-0.39, 0.29) is 5.91 Å². The number of fused-ring (bicyclic) bond motifs is 1. The molecular formula is C18H20N4OS. The predicted octanol–water partition coefficient (Wildman–Crippen LogP) is 2.99. The number of piperazine rings is 1. The average molecular weight is 340 g/mol. The average Bonchev–Trinajstić information content (AvgIpc) is 3.19. The van der Waals surface area contributed by atoms with E-state index in [1.807, 2.05) is 23.1 Å². The number of benzene rings is 1. The van der Waals surface area contributed by atoms with Crippen LogP contribution in [-0.4, -0.2) is 58.9 Å². The summed E-state index contributed by atoms with van der Waals surface area (Å²) in [5.41, 5.74) is 3.75. The number of imidazole rings is 1. The zero-order valence-electron chi connectivity index (χ0n) is 13.9. The van der Waals surface area contributed by atoms with Crippen LogP contribution in [-0.2, 0) is 0 Å². The fourth-order valence-electron chi connectivity index (χ4n) is 3.06. The number of hydrogen-bond acceptors (Lipinski definition) is 4. The minimum atomic E-state index is 0.105. The third-order valence-electron chi connectivity index (χ3n) is 4.60. The molecule has 0 atom stereocenters. The van der Waals surface area contributed by atoms with Gasteiger partial charge in [0.1, 0.15) is 5.82 Å². The molecular weight excluding hydrogens is 320 g/mol. The standard InChI is InChI=1S/C18H20N4OS/c1-12-5-10-24-16(12)17-19-14-4-3-13(11-15(14)20-17)18(23)22-8-6-21(2)7-9-22/h3-5,10-11H,6-9H2,1-2H3,(H,19,20). The molecule has 0 bridgehead atoms. The Morgan fingerprint density at radius 2 is 2.00 bits per heavy atom. The van der Waals surface area contributed by atoms with Crippen molar-refractivity contribution in [2.24, 2.45) is 0 Å². The quantitative estimate of drug-likeness (QED) is 0.780. The number of aryl methyl sites for hydroxylation is 1. The normalized spacial score (nSPS) is 16.0. The van der Waals surface area contributed by atoms with Crippen molar-refractivity contribution < 1.29 is 4.79 Å². The molecule has 24 heavy (non-hydrogen) atoms. The van der Waals surface area contributed by atoms with Gasteiger partial charge in [0.05, 0.1) is 15.9 Å². The molecule has 2 aromatic heterocycles. The smallest absolute Gasteiger partial charge is 0.254 e. The zero-order chi connectivity index (χ0) is 16.7. The highest BCUT2D eigenvalue weighted by Gasteiger charge is 2.21. The van der Waals surface area contributed by atoms with Gasteiger partial charge in [0.25, 0.3) is 5.91 Å². The highest BCUT2D eigenvalue weighted by molar-refractivity contribution is 7.13. The number of carbonyl (C=O) groups excluding carboxylic acids is 1. The molecule has 1 aliphatic heterocycles. The van der Waals surface area contributed by atoms with Gasteiger partial charge in [-0.3, -0.25) is 4.79 Å². The Morgan fingerprint density at radius 3 is 2.71 bits per heavy atom. The zero-order valence-corrected chi connectivity index (χ0v) is 14.7. The third kappa shape index (κ3) is 2.72. The molecule has 0 aliphatic carbocycles. The lowest BCUT2D eigenvalue weighted by Crippen LogP contribution is -2.47. The third-order valence-corrected chi connectivity index (χ3v) is 5.62. The Balaban J connectivity index is 1.63. The van der Waals surface area contributed by atoms with Crippen molar-refractivity contribution in [3.05, 3.63) is 40.8 Å². The summed E-state index contributed by atoms with van der Waals surface area (Å²) >= 11 is 1.68. The molecule has 4 rings (SSSR count). The van der Waals surface area contributed by atoms with Crippen LogP contribution in [0.25, 0.3) is 21.7 Å². The maximum absolute atomic E-state index is 12.7. The van der Waals surface area contributed by atoms with E-state index < -0.39 is 0 Å². The fourth-order valence-corrected chi connectivity index (χ4v) is 3.93. The van der Waals surface area contributed by atoms with Crippen LogP contribution in [0.15, 0.2) is 29.6 Å². The highest BCUT2D eigenvalue weighted by Crippen LogP contribution is 2.28. The number of rotatable bonds is 2. The number of H-pyrrole nitrogens is 1. The van der Waals surface area contributed by atoms with E-state index in [9.17, 15) is 4.79 Å². The van der Waals surface area contributed by atoms with Crippen LogP contribution < -0.4 is 0 Å². The minimum Gasteiger partial charge on any atom is -0.337 e. The molecule has 1 aromatic carbocycles. The van der Waals surface area contributed by atoms with E-state index in [1.54, 1.807) is 11.3 Å². The van der Waals surface area contributed by atoms with Gasteiger partial charge in [-0.1, -0.05) is 0 Å². The SMILES string of the molecule is Cc1ccsc1-c1nc2ccc(C(=O)N3CCN(C)CC3)cc2[nH]1. The fraction of sp³-hybridized carbons (Fsp3) is 0.333. The second-order valence-electron chi connectivity index (χ2n) is 6.35. The van der Waals surface area contributed by atoms with Crippen LogP contribution in [0.2, 0.25) is 0 Å². The van der Waals surface area contributed by atoms with Gasteiger partial charge in [0, 0.05) is 31.7 Å². The topological polar surface area (TPSA) is 52.2 Å². The Morgan fingerprint density at radius 1 is 1.21 bits per heavy atom. The van der Waals surface area contributed by atoms with E-state index in [0.29, 0.717) is 0 Å². The number of hydrogen-bond donors (Lipinski definition) is 1. The molecule has 1 aliphatic rings. The Labute approximate surface area is 144 Å². The first-order chi connectivity index (χ1) is 11.6. The van der Waals surface area contributed by atoms with Crippen molar-refractivity contribution in [2.75, 3.05) is 33.2 Å². The summed E-state index contributed by atoms with van der Waals surface area (Å²) in [6.45, 7) is 5.52. The number of aromatic amines is 1. The van der Waals surface area contributed by atoms with Crippen molar-refractivity contribution in [2.45, 2.75) is 6.92 Å². The number of likely N-dealkylation sites (N-methyl/N-ethyl adjacent to an activating group) is 1. The molecule has 5 nitrogen and oxygen atoms in total. The Bertz CT molecular complexity index is 889. The van der Waals surface area contributed by atoms with Gasteiger partial charge in [-0.25, -0.2) is 4.98 Å². The van der Waals surface area contributed by atoms with Gasteiger partial charge in [-0.05, 0) is 49.2 Å². The summed E-state index contributed by atoms with van der Waals surface area (Å²) in [6, 6.07) is 7.83. The molecule has 0 unspecified atom stereocenters. The summed E-state index contributed by atoms with van der Waals surface area (Å²) in [6.07, 6.45) is 0. The number of nitrogens with zero attached hydrogens (tertiary/aromatic N) is 3.